The molecule has 0 radical (unpaired) electrons. The summed E-state index contributed by atoms with van der Waals surface area (Å²) >= 11 is 0. The highest BCUT2D eigenvalue weighted by Gasteiger charge is 2.45. The second-order valence-corrected chi connectivity index (χ2v) is 5.44. The standard InChI is InChI=1S/C15H21NO3/c1-9-5-10(2)14(19-4)11(6-9)8-16(3)13-7-12(13)15(17)18/h5-6,12-13H,7-8H2,1-4H3,(H,17,18). The number of methoxy groups -OCH3 is 1. The molecule has 1 aliphatic rings. The number of hydrogen-bond donors (Lipinski definition) is 1. The molecule has 2 atom stereocenters. The SMILES string of the molecule is COc1c(C)cc(C)cc1CN(C)C1CC1C(=O)O. The molecule has 1 N–H and O–H groups in total. The Labute approximate surface area is 114 Å². The van der Waals surface area contributed by atoms with Crippen LogP contribution in [0.4, 0.5) is 0 Å². The molecular formula is C15H21NO3. The van der Waals surface area contributed by atoms with Crippen molar-refractivity contribution in [3.8, 4) is 5.75 Å². The van der Waals surface area contributed by atoms with Crippen LogP contribution in [0, 0.1) is 19.8 Å². The van der Waals surface area contributed by atoms with Gasteiger partial charge in [-0.2, -0.15) is 0 Å². The lowest BCUT2D eigenvalue weighted by Gasteiger charge is -2.20. The number of carboxylic acids is 1. The van der Waals surface area contributed by atoms with Crippen molar-refractivity contribution in [3.05, 3.63) is 28.8 Å². The molecule has 0 aromatic heterocycles. The Bertz CT molecular complexity index is 498. The van der Waals surface area contributed by atoms with E-state index in [2.05, 4.69) is 24.0 Å². The zero-order valence-corrected chi connectivity index (χ0v) is 11.9. The van der Waals surface area contributed by atoms with E-state index in [1.807, 2.05) is 14.0 Å². The quantitative estimate of drug-likeness (QED) is 0.885. The smallest absolute Gasteiger partial charge is 0.308 e. The lowest BCUT2D eigenvalue weighted by Crippen LogP contribution is -2.24. The molecule has 4 heteroatoms. The van der Waals surface area contributed by atoms with E-state index in [0.717, 1.165) is 29.8 Å². The Kier molecular flexibility index (Phi) is 3.80. The van der Waals surface area contributed by atoms with Crippen molar-refractivity contribution in [1.82, 2.24) is 4.90 Å². The minimum atomic E-state index is -0.691. The van der Waals surface area contributed by atoms with Crippen molar-refractivity contribution in [1.29, 1.82) is 0 Å². The predicted octanol–water partition coefficient (Wildman–Crippen LogP) is 2.22. The number of aryl methyl sites for hydroxylation is 2. The van der Waals surface area contributed by atoms with Gasteiger partial charge < -0.3 is 9.84 Å². The van der Waals surface area contributed by atoms with Gasteiger partial charge in [-0.25, -0.2) is 0 Å². The minimum Gasteiger partial charge on any atom is -0.496 e. The van der Waals surface area contributed by atoms with Crippen LogP contribution in [0.3, 0.4) is 0 Å². The van der Waals surface area contributed by atoms with Crippen LogP contribution in [0.1, 0.15) is 23.1 Å². The molecule has 104 valence electrons. The third-order valence-corrected chi connectivity index (χ3v) is 3.76. The monoisotopic (exact) mass is 263 g/mol. The molecule has 0 amide bonds. The number of rotatable bonds is 5. The lowest BCUT2D eigenvalue weighted by atomic mass is 10.0. The fourth-order valence-electron chi connectivity index (χ4n) is 2.77. The molecule has 0 aliphatic heterocycles. The van der Waals surface area contributed by atoms with Crippen LogP contribution >= 0.6 is 0 Å². The number of nitrogens with zero attached hydrogens (tertiary/aromatic N) is 1. The fourth-order valence-corrected chi connectivity index (χ4v) is 2.77. The summed E-state index contributed by atoms with van der Waals surface area (Å²) in [6.45, 7) is 4.82. The van der Waals surface area contributed by atoms with E-state index in [1.165, 1.54) is 5.56 Å². The molecule has 19 heavy (non-hydrogen) atoms. The molecule has 0 heterocycles. The van der Waals surface area contributed by atoms with Gasteiger partial charge in [0.15, 0.2) is 0 Å². The number of ether oxygens (including phenoxy) is 1. The van der Waals surface area contributed by atoms with Crippen molar-refractivity contribution in [2.75, 3.05) is 14.2 Å². The van der Waals surface area contributed by atoms with E-state index in [4.69, 9.17) is 9.84 Å². The van der Waals surface area contributed by atoms with E-state index in [1.54, 1.807) is 7.11 Å². The highest BCUT2D eigenvalue weighted by Crippen LogP contribution is 2.37. The molecule has 0 bridgehead atoms. The summed E-state index contributed by atoms with van der Waals surface area (Å²) in [4.78, 5) is 13.0. The van der Waals surface area contributed by atoms with Gasteiger partial charge in [0.2, 0.25) is 0 Å². The second-order valence-electron chi connectivity index (χ2n) is 5.44. The number of carboxylic acid groups (broad SMARTS) is 1. The van der Waals surface area contributed by atoms with Gasteiger partial charge in [-0.05, 0) is 32.9 Å². The molecule has 1 aromatic carbocycles. The molecule has 2 unspecified atom stereocenters. The van der Waals surface area contributed by atoms with Gasteiger partial charge in [0.25, 0.3) is 0 Å². The summed E-state index contributed by atoms with van der Waals surface area (Å²) in [5.74, 6) is 0.0103. The number of carbonyl (C=O) groups is 1. The average Bonchev–Trinajstić information content (AvgIpc) is 3.08. The van der Waals surface area contributed by atoms with E-state index >= 15 is 0 Å². The Balaban J connectivity index is 2.13. The van der Waals surface area contributed by atoms with Crippen LogP contribution in [0.2, 0.25) is 0 Å². The number of hydrogen-bond acceptors (Lipinski definition) is 3. The second kappa shape index (κ2) is 5.21. The van der Waals surface area contributed by atoms with Crippen LogP contribution in [0.5, 0.6) is 5.75 Å². The van der Waals surface area contributed by atoms with Gasteiger partial charge in [-0.1, -0.05) is 17.7 Å². The van der Waals surface area contributed by atoms with Crippen LogP contribution in [-0.4, -0.2) is 36.2 Å². The summed E-state index contributed by atoms with van der Waals surface area (Å²) in [5, 5.41) is 8.98. The fraction of sp³-hybridized carbons (Fsp3) is 0.533. The maximum Gasteiger partial charge on any atom is 0.308 e. The Morgan fingerprint density at radius 3 is 2.68 bits per heavy atom. The van der Waals surface area contributed by atoms with Crippen molar-refractivity contribution < 1.29 is 14.6 Å². The first-order valence-electron chi connectivity index (χ1n) is 6.51. The minimum absolute atomic E-state index is 0.156. The van der Waals surface area contributed by atoms with Gasteiger partial charge in [0.05, 0.1) is 13.0 Å². The highest BCUT2D eigenvalue weighted by molar-refractivity contribution is 5.74. The summed E-state index contributed by atoms with van der Waals surface area (Å²) in [7, 11) is 3.66. The number of benzene rings is 1. The van der Waals surface area contributed by atoms with Crippen LogP contribution in [0.25, 0.3) is 0 Å². The molecule has 1 aliphatic carbocycles. The Hall–Kier alpha value is -1.55. The van der Waals surface area contributed by atoms with Crippen LogP contribution < -0.4 is 4.74 Å². The third-order valence-electron chi connectivity index (χ3n) is 3.76. The zero-order valence-electron chi connectivity index (χ0n) is 11.9. The molecule has 0 saturated heterocycles. The summed E-state index contributed by atoms with van der Waals surface area (Å²) in [6, 6.07) is 4.36. The maximum absolute atomic E-state index is 10.9. The molecule has 2 rings (SSSR count). The highest BCUT2D eigenvalue weighted by atomic mass is 16.5. The van der Waals surface area contributed by atoms with Gasteiger partial charge in [-0.15, -0.1) is 0 Å². The maximum atomic E-state index is 10.9. The Morgan fingerprint density at radius 1 is 1.47 bits per heavy atom. The molecule has 1 saturated carbocycles. The summed E-state index contributed by atoms with van der Waals surface area (Å²) in [6.07, 6.45) is 0.749. The molecule has 0 spiro atoms. The average molecular weight is 263 g/mol. The normalized spacial score (nSPS) is 21.5. The van der Waals surface area contributed by atoms with E-state index in [-0.39, 0.29) is 12.0 Å². The van der Waals surface area contributed by atoms with Crippen LogP contribution in [-0.2, 0) is 11.3 Å². The first kappa shape index (κ1) is 13.9. The van der Waals surface area contributed by atoms with E-state index < -0.39 is 5.97 Å². The topological polar surface area (TPSA) is 49.8 Å². The van der Waals surface area contributed by atoms with Gasteiger partial charge in [0, 0.05) is 18.2 Å². The molecule has 1 fully saturated rings. The van der Waals surface area contributed by atoms with Gasteiger partial charge in [0.1, 0.15) is 5.75 Å². The molecular weight excluding hydrogens is 242 g/mol. The van der Waals surface area contributed by atoms with Crippen LogP contribution in [0.15, 0.2) is 12.1 Å². The number of aliphatic carboxylic acids is 1. The van der Waals surface area contributed by atoms with E-state index in [9.17, 15) is 4.79 Å². The van der Waals surface area contributed by atoms with Crippen molar-refractivity contribution in [2.24, 2.45) is 5.92 Å². The largest absolute Gasteiger partial charge is 0.496 e. The predicted molar refractivity (Wildman–Crippen MR) is 73.5 cm³/mol. The third kappa shape index (κ3) is 2.89. The van der Waals surface area contributed by atoms with Crippen molar-refractivity contribution >= 4 is 5.97 Å². The first-order chi connectivity index (χ1) is 8.93. The zero-order chi connectivity index (χ0) is 14.2. The Morgan fingerprint density at radius 2 is 2.16 bits per heavy atom. The van der Waals surface area contributed by atoms with Crippen molar-refractivity contribution in [2.45, 2.75) is 32.9 Å². The van der Waals surface area contributed by atoms with E-state index in [0.29, 0.717) is 0 Å². The van der Waals surface area contributed by atoms with Crippen molar-refractivity contribution in [3.63, 3.8) is 0 Å². The molecule has 1 aromatic rings. The summed E-state index contributed by atoms with van der Waals surface area (Å²) in [5.41, 5.74) is 3.45. The summed E-state index contributed by atoms with van der Waals surface area (Å²) < 4.78 is 5.46. The lowest BCUT2D eigenvalue weighted by molar-refractivity contribution is -0.138. The first-order valence-corrected chi connectivity index (χ1v) is 6.51. The molecule has 4 nitrogen and oxygen atoms in total. The van der Waals surface area contributed by atoms with Gasteiger partial charge in [-0.3, -0.25) is 9.69 Å². The van der Waals surface area contributed by atoms with Gasteiger partial charge >= 0.3 is 5.97 Å².